The average Bonchev–Trinajstić information content (AvgIpc) is 2.36. The molecular formula is C13H8Cl3N3. The van der Waals surface area contributed by atoms with Crippen LogP contribution in [0.25, 0.3) is 0 Å². The number of nitrogen functional groups attached to an aromatic ring is 1. The monoisotopic (exact) mass is 311 g/mol. The Labute approximate surface area is 125 Å². The van der Waals surface area contributed by atoms with Gasteiger partial charge in [-0.05, 0) is 30.3 Å². The van der Waals surface area contributed by atoms with Gasteiger partial charge < -0.3 is 11.1 Å². The van der Waals surface area contributed by atoms with Gasteiger partial charge in [0.05, 0.1) is 32.7 Å². The summed E-state index contributed by atoms with van der Waals surface area (Å²) in [5.41, 5.74) is 7.85. The molecule has 0 heterocycles. The zero-order valence-corrected chi connectivity index (χ0v) is 11.8. The van der Waals surface area contributed by atoms with Crippen molar-refractivity contribution in [1.29, 1.82) is 5.26 Å². The molecule has 6 heteroatoms. The molecule has 0 atom stereocenters. The number of rotatable bonds is 2. The molecule has 0 aliphatic carbocycles. The molecule has 2 aromatic carbocycles. The lowest BCUT2D eigenvalue weighted by Gasteiger charge is -2.12. The first-order valence-electron chi connectivity index (χ1n) is 5.22. The zero-order valence-electron chi connectivity index (χ0n) is 9.55. The van der Waals surface area contributed by atoms with Gasteiger partial charge in [0.1, 0.15) is 6.07 Å². The molecule has 0 aliphatic heterocycles. The third-order valence-corrected chi connectivity index (χ3v) is 3.42. The molecule has 0 spiro atoms. The van der Waals surface area contributed by atoms with Crippen LogP contribution < -0.4 is 11.1 Å². The van der Waals surface area contributed by atoms with Crippen LogP contribution in [0.1, 0.15) is 5.56 Å². The van der Waals surface area contributed by atoms with Crippen molar-refractivity contribution < 1.29 is 0 Å². The minimum atomic E-state index is 0.372. The van der Waals surface area contributed by atoms with Crippen LogP contribution in [-0.2, 0) is 0 Å². The molecule has 3 N–H and O–H groups in total. The van der Waals surface area contributed by atoms with Crippen molar-refractivity contribution in [3.8, 4) is 6.07 Å². The largest absolute Gasteiger partial charge is 0.397 e. The lowest BCUT2D eigenvalue weighted by atomic mass is 10.2. The molecule has 0 radical (unpaired) electrons. The van der Waals surface area contributed by atoms with Crippen molar-refractivity contribution >= 4 is 51.9 Å². The van der Waals surface area contributed by atoms with E-state index in [4.69, 9.17) is 45.8 Å². The van der Waals surface area contributed by atoms with Crippen molar-refractivity contribution in [2.45, 2.75) is 0 Å². The predicted molar refractivity (Wildman–Crippen MR) is 80.3 cm³/mol. The first kappa shape index (κ1) is 13.8. The molecule has 0 bridgehead atoms. The summed E-state index contributed by atoms with van der Waals surface area (Å²) in [6.07, 6.45) is 0. The first-order chi connectivity index (χ1) is 9.01. The van der Waals surface area contributed by atoms with Gasteiger partial charge in [-0.25, -0.2) is 0 Å². The average molecular weight is 313 g/mol. The maximum atomic E-state index is 9.04. The third kappa shape index (κ3) is 3.05. The highest BCUT2D eigenvalue weighted by molar-refractivity contribution is 6.42. The van der Waals surface area contributed by atoms with Crippen LogP contribution >= 0.6 is 34.8 Å². The number of nitriles is 1. The molecule has 0 amide bonds. The SMILES string of the molecule is N#Cc1ccc(Cl)cc1Nc1cc(Cl)c(Cl)cc1N. The van der Waals surface area contributed by atoms with E-state index in [0.29, 0.717) is 37.7 Å². The Hall–Kier alpha value is -1.60. The quantitative estimate of drug-likeness (QED) is 0.780. The van der Waals surface area contributed by atoms with E-state index in [1.54, 1.807) is 30.3 Å². The number of anilines is 3. The molecule has 0 fully saturated rings. The first-order valence-corrected chi connectivity index (χ1v) is 6.36. The van der Waals surface area contributed by atoms with Gasteiger partial charge in [0.25, 0.3) is 0 Å². The summed E-state index contributed by atoms with van der Waals surface area (Å²) in [6, 6.07) is 10.1. The van der Waals surface area contributed by atoms with E-state index in [-0.39, 0.29) is 0 Å². The van der Waals surface area contributed by atoms with Crippen molar-refractivity contribution in [2.24, 2.45) is 0 Å². The smallest absolute Gasteiger partial charge is 0.101 e. The van der Waals surface area contributed by atoms with Gasteiger partial charge in [-0.2, -0.15) is 5.26 Å². The van der Waals surface area contributed by atoms with Gasteiger partial charge >= 0.3 is 0 Å². The lowest BCUT2D eigenvalue weighted by molar-refractivity contribution is 1.46. The van der Waals surface area contributed by atoms with Crippen LogP contribution in [0.3, 0.4) is 0 Å². The molecule has 0 unspecified atom stereocenters. The molecule has 3 nitrogen and oxygen atoms in total. The molecule has 96 valence electrons. The molecule has 19 heavy (non-hydrogen) atoms. The van der Waals surface area contributed by atoms with Gasteiger partial charge in [0, 0.05) is 5.02 Å². The van der Waals surface area contributed by atoms with E-state index in [0.717, 1.165) is 0 Å². The van der Waals surface area contributed by atoms with Crippen molar-refractivity contribution in [2.75, 3.05) is 11.1 Å². The number of nitrogens with zero attached hydrogens (tertiary/aromatic N) is 1. The number of nitrogens with two attached hydrogens (primary N) is 1. The summed E-state index contributed by atoms with van der Waals surface area (Å²) < 4.78 is 0. The predicted octanol–water partition coefficient (Wildman–Crippen LogP) is 4.84. The van der Waals surface area contributed by atoms with Gasteiger partial charge in [0.2, 0.25) is 0 Å². The number of nitrogens with one attached hydrogen (secondary N) is 1. The second-order valence-corrected chi connectivity index (χ2v) is 5.03. The van der Waals surface area contributed by atoms with Gasteiger partial charge in [-0.3, -0.25) is 0 Å². The number of halogens is 3. The van der Waals surface area contributed by atoms with E-state index in [1.807, 2.05) is 0 Å². The molecule has 2 aromatic rings. The Morgan fingerprint density at radius 1 is 1.00 bits per heavy atom. The lowest BCUT2D eigenvalue weighted by Crippen LogP contribution is -1.98. The van der Waals surface area contributed by atoms with E-state index in [9.17, 15) is 0 Å². The summed E-state index contributed by atoms with van der Waals surface area (Å²) in [4.78, 5) is 0. The maximum Gasteiger partial charge on any atom is 0.101 e. The number of benzene rings is 2. The van der Waals surface area contributed by atoms with Gasteiger partial charge in [0.15, 0.2) is 0 Å². The second-order valence-electron chi connectivity index (χ2n) is 3.78. The Morgan fingerprint density at radius 3 is 2.37 bits per heavy atom. The van der Waals surface area contributed by atoms with Crippen molar-refractivity contribution in [3.05, 3.63) is 51.0 Å². The van der Waals surface area contributed by atoms with Crippen molar-refractivity contribution in [3.63, 3.8) is 0 Å². The fourth-order valence-electron chi connectivity index (χ4n) is 1.53. The standard InChI is InChI=1S/C13H8Cl3N3/c14-8-2-1-7(6-17)12(3-8)19-13-5-10(16)9(15)4-11(13)18/h1-5,19H,18H2. The molecule has 0 saturated heterocycles. The highest BCUT2D eigenvalue weighted by atomic mass is 35.5. The summed E-state index contributed by atoms with van der Waals surface area (Å²) in [6.45, 7) is 0. The Balaban J connectivity index is 2.45. The summed E-state index contributed by atoms with van der Waals surface area (Å²) in [5, 5.41) is 13.3. The number of hydrogen-bond donors (Lipinski definition) is 2. The highest BCUT2D eigenvalue weighted by Gasteiger charge is 2.08. The molecule has 0 aliphatic rings. The molecule has 0 saturated carbocycles. The van der Waals surface area contributed by atoms with Gasteiger partial charge in [-0.15, -0.1) is 0 Å². The van der Waals surface area contributed by atoms with E-state index in [1.165, 1.54) is 0 Å². The summed E-state index contributed by atoms with van der Waals surface area (Å²) in [7, 11) is 0. The summed E-state index contributed by atoms with van der Waals surface area (Å²) >= 11 is 17.7. The molecular weight excluding hydrogens is 305 g/mol. The van der Waals surface area contributed by atoms with E-state index >= 15 is 0 Å². The van der Waals surface area contributed by atoms with Crippen LogP contribution in [0.15, 0.2) is 30.3 Å². The fourth-order valence-corrected chi connectivity index (χ4v) is 2.04. The Kier molecular flexibility index (Phi) is 4.06. The second kappa shape index (κ2) is 5.58. The Bertz CT molecular complexity index is 678. The van der Waals surface area contributed by atoms with Crippen LogP contribution in [-0.4, -0.2) is 0 Å². The Morgan fingerprint density at radius 2 is 1.68 bits per heavy atom. The zero-order chi connectivity index (χ0) is 14.0. The maximum absolute atomic E-state index is 9.04. The van der Waals surface area contributed by atoms with Crippen LogP contribution in [0, 0.1) is 11.3 Å². The minimum absolute atomic E-state index is 0.372. The van der Waals surface area contributed by atoms with E-state index in [2.05, 4.69) is 11.4 Å². The third-order valence-electron chi connectivity index (χ3n) is 2.46. The van der Waals surface area contributed by atoms with Gasteiger partial charge in [-0.1, -0.05) is 34.8 Å². The van der Waals surface area contributed by atoms with Crippen molar-refractivity contribution in [1.82, 2.24) is 0 Å². The molecule has 2 rings (SSSR count). The topological polar surface area (TPSA) is 61.8 Å². The van der Waals surface area contributed by atoms with Crippen LogP contribution in [0.5, 0.6) is 0 Å². The molecule has 0 aromatic heterocycles. The van der Waals surface area contributed by atoms with Crippen LogP contribution in [0.2, 0.25) is 15.1 Å². The highest BCUT2D eigenvalue weighted by Crippen LogP contribution is 2.33. The van der Waals surface area contributed by atoms with Crippen LogP contribution in [0.4, 0.5) is 17.1 Å². The fraction of sp³-hybridized carbons (Fsp3) is 0. The minimum Gasteiger partial charge on any atom is -0.397 e. The van der Waals surface area contributed by atoms with E-state index < -0.39 is 0 Å². The normalized spacial score (nSPS) is 10.0. The number of hydrogen-bond acceptors (Lipinski definition) is 3. The summed E-state index contributed by atoms with van der Waals surface area (Å²) in [5.74, 6) is 0.